The molecule has 176 valence electrons. The number of fused-ring (bicyclic) bond motifs is 1. The highest BCUT2D eigenvalue weighted by molar-refractivity contribution is 8.26. The van der Waals surface area contributed by atoms with E-state index in [2.05, 4.69) is 5.32 Å². The zero-order valence-electron chi connectivity index (χ0n) is 18.8. The second-order valence-corrected chi connectivity index (χ2v) is 9.28. The summed E-state index contributed by atoms with van der Waals surface area (Å²) in [6.07, 6.45) is 1.68. The molecule has 1 saturated heterocycles. The molecular formula is C23H22N4O5S2. The van der Waals surface area contributed by atoms with Crippen LogP contribution in [0.3, 0.4) is 0 Å². The number of thioether (sulfide) groups is 1. The molecule has 11 heteroatoms. The number of hydrogen-bond acceptors (Lipinski definition) is 9. The molecule has 1 fully saturated rings. The van der Waals surface area contributed by atoms with Crippen LogP contribution in [0.1, 0.15) is 22.3 Å². The van der Waals surface area contributed by atoms with Gasteiger partial charge in [-0.15, -0.1) is 0 Å². The number of ether oxygens (including phenoxy) is 3. The Morgan fingerprint density at radius 2 is 2.09 bits per heavy atom. The molecule has 1 amide bonds. The quantitative estimate of drug-likeness (QED) is 0.456. The summed E-state index contributed by atoms with van der Waals surface area (Å²) in [5, 5.41) is 12.9. The molecule has 4 rings (SSSR count). The van der Waals surface area contributed by atoms with Gasteiger partial charge in [0.15, 0.2) is 11.5 Å². The van der Waals surface area contributed by atoms with Gasteiger partial charge in [-0.1, -0.05) is 30.0 Å². The SMILES string of the molecule is COCCN1C(=O)/C(=C\c2c(C)c(C#N)c(=O)n(C)c2NCc2ccc3c(c2)OCO3)SC1=S. The van der Waals surface area contributed by atoms with Gasteiger partial charge in [0, 0.05) is 26.3 Å². The minimum Gasteiger partial charge on any atom is -0.454 e. The average Bonchev–Trinajstić information content (AvgIpc) is 3.39. The number of hydrogen-bond donors (Lipinski definition) is 1. The van der Waals surface area contributed by atoms with Crippen molar-refractivity contribution in [2.24, 2.45) is 7.05 Å². The van der Waals surface area contributed by atoms with Gasteiger partial charge < -0.3 is 19.5 Å². The van der Waals surface area contributed by atoms with Gasteiger partial charge in [0.25, 0.3) is 11.5 Å². The van der Waals surface area contributed by atoms with Gasteiger partial charge in [0.1, 0.15) is 21.8 Å². The summed E-state index contributed by atoms with van der Waals surface area (Å²) in [5.41, 5.74) is 1.58. The number of anilines is 1. The van der Waals surface area contributed by atoms with Crippen molar-refractivity contribution >= 4 is 46.1 Å². The molecule has 3 heterocycles. The van der Waals surface area contributed by atoms with E-state index in [1.807, 2.05) is 24.3 Å². The zero-order chi connectivity index (χ0) is 24.4. The fraction of sp³-hybridized carbons (Fsp3) is 0.304. The molecule has 0 atom stereocenters. The Hall–Kier alpha value is -3.33. The first-order valence-electron chi connectivity index (χ1n) is 10.4. The van der Waals surface area contributed by atoms with Gasteiger partial charge >= 0.3 is 0 Å². The third kappa shape index (κ3) is 4.40. The number of nitrogens with zero attached hydrogens (tertiary/aromatic N) is 3. The van der Waals surface area contributed by atoms with Gasteiger partial charge in [-0.25, -0.2) is 0 Å². The van der Waals surface area contributed by atoms with Crippen molar-refractivity contribution in [3.8, 4) is 17.6 Å². The first kappa shape index (κ1) is 23.8. The van der Waals surface area contributed by atoms with Crippen LogP contribution in [-0.4, -0.2) is 46.7 Å². The van der Waals surface area contributed by atoms with E-state index in [1.54, 1.807) is 27.2 Å². The van der Waals surface area contributed by atoms with Crippen LogP contribution in [0, 0.1) is 18.3 Å². The van der Waals surface area contributed by atoms with Crippen LogP contribution in [0.25, 0.3) is 6.08 Å². The molecule has 0 bridgehead atoms. The molecule has 0 spiro atoms. The summed E-state index contributed by atoms with van der Waals surface area (Å²) >= 11 is 6.55. The van der Waals surface area contributed by atoms with E-state index in [9.17, 15) is 14.9 Å². The van der Waals surface area contributed by atoms with Crippen molar-refractivity contribution in [1.29, 1.82) is 5.26 Å². The zero-order valence-corrected chi connectivity index (χ0v) is 20.5. The fourth-order valence-corrected chi connectivity index (χ4v) is 4.98. The van der Waals surface area contributed by atoms with Crippen molar-refractivity contribution in [3.63, 3.8) is 0 Å². The third-order valence-corrected chi connectivity index (χ3v) is 6.94. The number of rotatable bonds is 7. The van der Waals surface area contributed by atoms with Crippen LogP contribution in [0.15, 0.2) is 27.9 Å². The molecule has 9 nitrogen and oxygen atoms in total. The highest BCUT2D eigenvalue weighted by Gasteiger charge is 2.32. The largest absolute Gasteiger partial charge is 0.454 e. The van der Waals surface area contributed by atoms with Crippen LogP contribution in [0.4, 0.5) is 5.82 Å². The molecule has 1 N–H and O–H groups in total. The smallest absolute Gasteiger partial charge is 0.270 e. The second kappa shape index (κ2) is 9.89. The summed E-state index contributed by atoms with van der Waals surface area (Å²) in [6.45, 7) is 2.97. The number of thiocarbonyl (C=S) groups is 1. The van der Waals surface area contributed by atoms with E-state index in [4.69, 9.17) is 26.4 Å². The topological polar surface area (TPSA) is 106 Å². The predicted molar refractivity (Wildman–Crippen MR) is 133 cm³/mol. The number of aromatic nitrogens is 1. The van der Waals surface area contributed by atoms with E-state index >= 15 is 0 Å². The molecule has 34 heavy (non-hydrogen) atoms. The predicted octanol–water partition coefficient (Wildman–Crippen LogP) is 2.75. The molecule has 1 aromatic carbocycles. The van der Waals surface area contributed by atoms with E-state index in [0.29, 0.717) is 57.4 Å². The Balaban J connectivity index is 1.72. The number of methoxy groups -OCH3 is 1. The number of pyridine rings is 1. The van der Waals surface area contributed by atoms with Gasteiger partial charge in [-0.2, -0.15) is 5.26 Å². The third-order valence-electron chi connectivity index (χ3n) is 5.56. The summed E-state index contributed by atoms with van der Waals surface area (Å²) in [5.74, 6) is 1.59. The van der Waals surface area contributed by atoms with E-state index in [0.717, 1.165) is 5.56 Å². The molecule has 1 aromatic heterocycles. The molecular weight excluding hydrogens is 476 g/mol. The van der Waals surface area contributed by atoms with Crippen LogP contribution in [0.5, 0.6) is 11.5 Å². The van der Waals surface area contributed by atoms with Crippen LogP contribution < -0.4 is 20.3 Å². The molecule has 0 unspecified atom stereocenters. The maximum absolute atomic E-state index is 13.0. The molecule has 0 aliphatic carbocycles. The Bertz CT molecular complexity index is 1310. The monoisotopic (exact) mass is 498 g/mol. The molecule has 0 radical (unpaired) electrons. The van der Waals surface area contributed by atoms with Gasteiger partial charge in [0.05, 0.1) is 18.1 Å². The molecule has 0 saturated carbocycles. The lowest BCUT2D eigenvalue weighted by atomic mass is 10.0. The number of amides is 1. The Morgan fingerprint density at radius 3 is 2.82 bits per heavy atom. The summed E-state index contributed by atoms with van der Waals surface area (Å²) < 4.78 is 17.7. The highest BCUT2D eigenvalue weighted by Crippen LogP contribution is 2.35. The van der Waals surface area contributed by atoms with Crippen molar-refractivity contribution in [2.75, 3.05) is 32.4 Å². The van der Waals surface area contributed by atoms with Crippen LogP contribution in [-0.2, 0) is 23.1 Å². The number of benzene rings is 1. The maximum atomic E-state index is 13.0. The lowest BCUT2D eigenvalue weighted by Gasteiger charge is -2.18. The first-order valence-corrected chi connectivity index (χ1v) is 11.6. The standard InChI is InChI=1S/C23H22N4O5S2/c1-13-15(9-19-22(29)27(6-7-30-3)23(33)34-19)20(26(2)21(28)16(13)10-24)25-11-14-4-5-17-18(8-14)32-12-31-17/h4-5,8-9,25H,6-7,11-12H2,1-3H3/b19-9+. The van der Waals surface area contributed by atoms with Crippen LogP contribution >= 0.6 is 24.0 Å². The lowest BCUT2D eigenvalue weighted by molar-refractivity contribution is -0.122. The number of carbonyl (C=O) groups is 1. The molecule has 2 aromatic rings. The highest BCUT2D eigenvalue weighted by atomic mass is 32.2. The second-order valence-electron chi connectivity index (χ2n) is 7.61. The minimum absolute atomic E-state index is 0.0252. The van der Waals surface area contributed by atoms with Crippen molar-refractivity contribution in [1.82, 2.24) is 9.47 Å². The number of nitrogens with one attached hydrogen (secondary N) is 1. The van der Waals surface area contributed by atoms with Crippen molar-refractivity contribution < 1.29 is 19.0 Å². The Labute approximate surface area is 205 Å². The Morgan fingerprint density at radius 1 is 1.32 bits per heavy atom. The normalized spacial score (nSPS) is 15.8. The van der Waals surface area contributed by atoms with Crippen molar-refractivity contribution in [2.45, 2.75) is 13.5 Å². The van der Waals surface area contributed by atoms with Gasteiger partial charge in [-0.3, -0.25) is 19.1 Å². The first-order chi connectivity index (χ1) is 16.3. The van der Waals surface area contributed by atoms with E-state index < -0.39 is 5.56 Å². The van der Waals surface area contributed by atoms with E-state index in [-0.39, 0.29) is 18.3 Å². The number of carbonyl (C=O) groups excluding carboxylic acids is 1. The average molecular weight is 499 g/mol. The summed E-state index contributed by atoms with van der Waals surface area (Å²) in [6, 6.07) is 7.58. The van der Waals surface area contributed by atoms with Crippen LogP contribution in [0.2, 0.25) is 0 Å². The number of nitriles is 1. The fourth-order valence-electron chi connectivity index (χ4n) is 3.69. The van der Waals surface area contributed by atoms with Gasteiger partial charge in [-0.05, 0) is 36.3 Å². The molecule has 2 aliphatic rings. The van der Waals surface area contributed by atoms with Gasteiger partial charge in [0.2, 0.25) is 6.79 Å². The minimum atomic E-state index is -0.419. The van der Waals surface area contributed by atoms with E-state index in [1.165, 1.54) is 21.2 Å². The Kier molecular flexibility index (Phi) is 6.92. The summed E-state index contributed by atoms with van der Waals surface area (Å²) in [7, 11) is 3.15. The molecule has 2 aliphatic heterocycles. The van der Waals surface area contributed by atoms with Crippen molar-refractivity contribution in [3.05, 3.63) is 55.7 Å². The maximum Gasteiger partial charge on any atom is 0.270 e. The lowest BCUT2D eigenvalue weighted by Crippen LogP contribution is -2.31. The summed E-state index contributed by atoms with van der Waals surface area (Å²) in [4.78, 5) is 27.7.